The minimum absolute atomic E-state index is 0.213. The highest BCUT2D eigenvalue weighted by Crippen LogP contribution is 2.34. The first-order valence-corrected chi connectivity index (χ1v) is 8.41. The first kappa shape index (κ1) is 16.1. The monoisotopic (exact) mass is 365 g/mol. The van der Waals surface area contributed by atoms with Gasteiger partial charge in [-0.2, -0.15) is 0 Å². The van der Waals surface area contributed by atoms with Crippen molar-refractivity contribution in [1.82, 2.24) is 10.4 Å². The first-order chi connectivity index (χ1) is 11.0. The summed E-state index contributed by atoms with van der Waals surface area (Å²) in [5.74, 6) is -0.213. The maximum Gasteiger partial charge on any atom is 0.269 e. The number of hydrogen-bond donors (Lipinski definition) is 2. The van der Waals surface area contributed by atoms with E-state index in [-0.39, 0.29) is 5.91 Å². The van der Waals surface area contributed by atoms with Gasteiger partial charge in [0.2, 0.25) is 5.13 Å². The summed E-state index contributed by atoms with van der Waals surface area (Å²) < 4.78 is 0.892. The summed E-state index contributed by atoms with van der Waals surface area (Å²) in [4.78, 5) is 16.6. The Kier molecular flexibility index (Phi) is 4.43. The minimum atomic E-state index is -0.213. The van der Waals surface area contributed by atoms with E-state index in [2.05, 4.69) is 15.8 Å². The smallest absolute Gasteiger partial charge is 0.269 e. The van der Waals surface area contributed by atoms with Crippen LogP contribution in [0.25, 0.3) is 10.2 Å². The van der Waals surface area contributed by atoms with Crippen molar-refractivity contribution >= 4 is 55.8 Å². The lowest BCUT2D eigenvalue weighted by Gasteiger charge is -2.08. The van der Waals surface area contributed by atoms with Crippen molar-refractivity contribution in [2.45, 2.75) is 13.8 Å². The highest BCUT2D eigenvalue weighted by molar-refractivity contribution is 7.22. The lowest BCUT2D eigenvalue weighted by atomic mass is 10.1. The molecule has 118 valence electrons. The number of nitrogens with one attached hydrogen (secondary N) is 2. The van der Waals surface area contributed by atoms with Crippen LogP contribution in [-0.2, 0) is 0 Å². The third-order valence-corrected chi connectivity index (χ3v) is 5.10. The van der Waals surface area contributed by atoms with Crippen LogP contribution in [0, 0.1) is 13.8 Å². The van der Waals surface area contributed by atoms with Gasteiger partial charge in [-0.1, -0.05) is 52.2 Å². The van der Waals surface area contributed by atoms with E-state index in [1.54, 1.807) is 6.07 Å². The molecular formula is C16H13Cl2N3OS. The van der Waals surface area contributed by atoms with Gasteiger partial charge in [-0.25, -0.2) is 4.98 Å². The van der Waals surface area contributed by atoms with Crippen LogP contribution >= 0.6 is 34.5 Å². The summed E-state index contributed by atoms with van der Waals surface area (Å²) in [6.07, 6.45) is 0. The SMILES string of the molecule is Cc1ccc(C)c(C(=O)NNc2nc3c(Cl)c(Cl)ccc3s2)c1. The quantitative estimate of drug-likeness (QED) is 0.643. The van der Waals surface area contributed by atoms with Crippen LogP contribution in [0.1, 0.15) is 21.5 Å². The van der Waals surface area contributed by atoms with Crippen molar-refractivity contribution in [3.63, 3.8) is 0 Å². The number of aryl methyl sites for hydroxylation is 2. The van der Waals surface area contributed by atoms with Crippen LogP contribution in [0.3, 0.4) is 0 Å². The molecular weight excluding hydrogens is 353 g/mol. The van der Waals surface area contributed by atoms with Gasteiger partial charge in [0.25, 0.3) is 5.91 Å². The number of hydrogen-bond acceptors (Lipinski definition) is 4. The Bertz CT molecular complexity index is 908. The molecule has 0 saturated heterocycles. The molecule has 0 spiro atoms. The summed E-state index contributed by atoms with van der Waals surface area (Å²) in [5.41, 5.74) is 8.68. The molecule has 1 heterocycles. The van der Waals surface area contributed by atoms with E-state index < -0.39 is 0 Å². The average Bonchev–Trinajstić information content (AvgIpc) is 2.95. The van der Waals surface area contributed by atoms with Crippen LogP contribution < -0.4 is 10.9 Å². The number of anilines is 1. The number of benzene rings is 2. The standard InChI is InChI=1S/C16H13Cl2N3OS/c1-8-3-4-9(2)10(7-8)15(22)20-21-16-19-14-12(23-16)6-5-11(17)13(14)18/h3-7H,1-2H3,(H,19,21)(H,20,22). The van der Waals surface area contributed by atoms with Crippen molar-refractivity contribution in [2.75, 3.05) is 5.43 Å². The highest BCUT2D eigenvalue weighted by Gasteiger charge is 2.12. The molecule has 0 aliphatic heterocycles. The van der Waals surface area contributed by atoms with Crippen LogP contribution in [0.4, 0.5) is 5.13 Å². The predicted molar refractivity (Wildman–Crippen MR) is 96.6 cm³/mol. The Morgan fingerprint density at radius 1 is 1.17 bits per heavy atom. The number of rotatable bonds is 3. The highest BCUT2D eigenvalue weighted by atomic mass is 35.5. The fraction of sp³-hybridized carbons (Fsp3) is 0.125. The van der Waals surface area contributed by atoms with E-state index >= 15 is 0 Å². The number of thiazole rings is 1. The van der Waals surface area contributed by atoms with Gasteiger partial charge >= 0.3 is 0 Å². The van der Waals surface area contributed by atoms with Gasteiger partial charge in [-0.05, 0) is 37.6 Å². The second-order valence-corrected chi connectivity index (χ2v) is 6.94. The molecule has 2 N–H and O–H groups in total. The molecule has 3 aromatic rings. The maximum absolute atomic E-state index is 12.3. The fourth-order valence-electron chi connectivity index (χ4n) is 2.15. The topological polar surface area (TPSA) is 54.0 Å². The van der Waals surface area contributed by atoms with Gasteiger partial charge in [-0.15, -0.1) is 0 Å². The van der Waals surface area contributed by atoms with Crippen LogP contribution in [0.2, 0.25) is 10.0 Å². The van der Waals surface area contributed by atoms with Gasteiger partial charge in [0.05, 0.1) is 14.7 Å². The van der Waals surface area contributed by atoms with E-state index in [4.69, 9.17) is 23.2 Å². The third-order valence-electron chi connectivity index (χ3n) is 3.37. The second-order valence-electron chi connectivity index (χ2n) is 5.12. The predicted octanol–water partition coefficient (Wildman–Crippen LogP) is 4.98. The van der Waals surface area contributed by atoms with Crippen LogP contribution in [0.15, 0.2) is 30.3 Å². The van der Waals surface area contributed by atoms with E-state index in [9.17, 15) is 4.79 Å². The molecule has 0 aliphatic carbocycles. The normalized spacial score (nSPS) is 10.8. The number of fused-ring (bicyclic) bond motifs is 1. The Hall–Kier alpha value is -1.82. The van der Waals surface area contributed by atoms with Crippen molar-refractivity contribution in [1.29, 1.82) is 0 Å². The molecule has 4 nitrogen and oxygen atoms in total. The number of carbonyl (C=O) groups is 1. The number of hydrazine groups is 1. The van der Waals surface area contributed by atoms with Crippen molar-refractivity contribution in [3.05, 3.63) is 57.1 Å². The second kappa shape index (κ2) is 6.35. The zero-order valence-electron chi connectivity index (χ0n) is 12.4. The van der Waals surface area contributed by atoms with Gasteiger partial charge < -0.3 is 0 Å². The summed E-state index contributed by atoms with van der Waals surface area (Å²) >= 11 is 13.5. The van der Waals surface area contributed by atoms with Gasteiger partial charge in [0.15, 0.2) is 0 Å². The molecule has 0 atom stereocenters. The Labute approximate surface area is 147 Å². The average molecular weight is 366 g/mol. The lowest BCUT2D eigenvalue weighted by molar-refractivity contribution is 0.0962. The molecule has 0 saturated carbocycles. The fourth-order valence-corrected chi connectivity index (χ4v) is 3.39. The van der Waals surface area contributed by atoms with E-state index in [1.165, 1.54) is 11.3 Å². The summed E-state index contributed by atoms with van der Waals surface area (Å²) in [6, 6.07) is 9.31. The van der Waals surface area contributed by atoms with Crippen LogP contribution in [-0.4, -0.2) is 10.9 Å². The van der Waals surface area contributed by atoms with E-state index in [0.717, 1.165) is 15.8 Å². The Morgan fingerprint density at radius 2 is 1.96 bits per heavy atom. The minimum Gasteiger partial charge on any atom is -0.273 e. The van der Waals surface area contributed by atoms with Gasteiger partial charge in [-0.3, -0.25) is 15.6 Å². The molecule has 1 amide bonds. The number of aromatic nitrogens is 1. The van der Waals surface area contributed by atoms with Gasteiger partial charge in [0.1, 0.15) is 5.52 Å². The number of halogens is 2. The number of nitrogens with zero attached hydrogens (tertiary/aromatic N) is 1. The molecule has 7 heteroatoms. The molecule has 0 bridgehead atoms. The van der Waals surface area contributed by atoms with Crippen molar-refractivity contribution in [3.8, 4) is 0 Å². The summed E-state index contributed by atoms with van der Waals surface area (Å²) in [6.45, 7) is 3.84. The zero-order valence-corrected chi connectivity index (χ0v) is 14.7. The van der Waals surface area contributed by atoms with Crippen LogP contribution in [0.5, 0.6) is 0 Å². The van der Waals surface area contributed by atoms with Crippen molar-refractivity contribution < 1.29 is 4.79 Å². The van der Waals surface area contributed by atoms with Crippen molar-refractivity contribution in [2.24, 2.45) is 0 Å². The molecule has 0 fully saturated rings. The summed E-state index contributed by atoms with van der Waals surface area (Å²) in [5, 5.41) is 1.41. The molecule has 0 unspecified atom stereocenters. The molecule has 0 radical (unpaired) electrons. The lowest BCUT2D eigenvalue weighted by Crippen LogP contribution is -2.29. The molecule has 0 aliphatic rings. The Morgan fingerprint density at radius 3 is 2.74 bits per heavy atom. The first-order valence-electron chi connectivity index (χ1n) is 6.84. The summed E-state index contributed by atoms with van der Waals surface area (Å²) in [7, 11) is 0. The molecule has 2 aromatic carbocycles. The number of carbonyl (C=O) groups excluding carboxylic acids is 1. The molecule has 23 heavy (non-hydrogen) atoms. The number of amides is 1. The Balaban J connectivity index is 1.79. The largest absolute Gasteiger partial charge is 0.273 e. The van der Waals surface area contributed by atoms with E-state index in [1.807, 2.05) is 38.1 Å². The van der Waals surface area contributed by atoms with Gasteiger partial charge in [0, 0.05) is 5.56 Å². The zero-order chi connectivity index (χ0) is 16.6. The van der Waals surface area contributed by atoms with E-state index in [0.29, 0.717) is 26.3 Å². The molecule has 1 aromatic heterocycles. The third kappa shape index (κ3) is 3.27. The molecule has 3 rings (SSSR count). The maximum atomic E-state index is 12.3.